The quantitative estimate of drug-likeness (QED) is 0.855. The zero-order valence-electron chi connectivity index (χ0n) is 9.94. The maximum Gasteiger partial charge on any atom is 0.345 e. The van der Waals surface area contributed by atoms with Gasteiger partial charge in [0.2, 0.25) is 0 Å². The first kappa shape index (κ1) is 14.4. The van der Waals surface area contributed by atoms with Crippen molar-refractivity contribution in [3.8, 4) is 5.75 Å². The Balaban J connectivity index is 2.14. The zero-order chi connectivity index (χ0) is 14.0. The Labute approximate surface area is 127 Å². The highest BCUT2D eigenvalue weighted by molar-refractivity contribution is 9.10. The van der Waals surface area contributed by atoms with Crippen LogP contribution in [0.1, 0.15) is 20.1 Å². The number of carboxylic acid groups (broad SMARTS) is 1. The second-order valence-corrected chi connectivity index (χ2v) is 6.44. The number of hydrogen-bond donors (Lipinski definition) is 1. The molecule has 2 rings (SSSR count). The molecule has 3 nitrogen and oxygen atoms in total. The summed E-state index contributed by atoms with van der Waals surface area (Å²) >= 11 is 10.6. The van der Waals surface area contributed by atoms with E-state index in [1.165, 1.54) is 11.3 Å². The number of carbonyl (C=O) groups is 1. The van der Waals surface area contributed by atoms with E-state index in [0.717, 1.165) is 14.9 Å². The monoisotopic (exact) mass is 360 g/mol. The normalized spacial score (nSPS) is 10.5. The van der Waals surface area contributed by atoms with Crippen molar-refractivity contribution in [3.63, 3.8) is 0 Å². The molecule has 100 valence electrons. The number of ether oxygens (including phenoxy) is 1. The van der Waals surface area contributed by atoms with Gasteiger partial charge in [-0.3, -0.25) is 0 Å². The van der Waals surface area contributed by atoms with Gasteiger partial charge in [0.05, 0.1) is 5.02 Å². The van der Waals surface area contributed by atoms with Crippen molar-refractivity contribution >= 4 is 44.8 Å². The van der Waals surface area contributed by atoms with Crippen LogP contribution in [0.3, 0.4) is 0 Å². The van der Waals surface area contributed by atoms with Gasteiger partial charge in [-0.1, -0.05) is 27.5 Å². The maximum absolute atomic E-state index is 10.9. The highest BCUT2D eigenvalue weighted by Gasteiger charge is 2.12. The van der Waals surface area contributed by atoms with Gasteiger partial charge in [0, 0.05) is 14.9 Å². The van der Waals surface area contributed by atoms with Crippen LogP contribution in [0.15, 0.2) is 28.7 Å². The number of rotatable bonds is 4. The Morgan fingerprint density at radius 2 is 2.21 bits per heavy atom. The molecule has 0 unspecified atom stereocenters. The number of carboxylic acids is 1. The molecule has 2 aromatic rings. The van der Waals surface area contributed by atoms with Crippen LogP contribution >= 0.6 is 38.9 Å². The van der Waals surface area contributed by atoms with Crippen molar-refractivity contribution in [2.45, 2.75) is 13.5 Å². The molecule has 0 amide bonds. The van der Waals surface area contributed by atoms with Gasteiger partial charge in [0.25, 0.3) is 0 Å². The lowest BCUT2D eigenvalue weighted by atomic mass is 10.2. The summed E-state index contributed by atoms with van der Waals surface area (Å²) < 4.78 is 6.50. The fourth-order valence-electron chi connectivity index (χ4n) is 1.51. The largest absolute Gasteiger partial charge is 0.487 e. The van der Waals surface area contributed by atoms with E-state index in [4.69, 9.17) is 21.4 Å². The Morgan fingerprint density at radius 3 is 2.84 bits per heavy atom. The van der Waals surface area contributed by atoms with Gasteiger partial charge in [-0.15, -0.1) is 11.3 Å². The number of aryl methyl sites for hydroxylation is 1. The number of aromatic carboxylic acids is 1. The molecule has 0 radical (unpaired) electrons. The standard InChI is InChI=1S/C13H10BrClO3S/c1-7-8(4-12(19-7)13(16)17)6-18-11-5-9(14)2-3-10(11)15/h2-5H,6H2,1H3,(H,16,17). The molecule has 0 spiro atoms. The number of thiophene rings is 1. The molecule has 19 heavy (non-hydrogen) atoms. The van der Waals surface area contributed by atoms with Gasteiger partial charge in [-0.25, -0.2) is 4.79 Å². The molecular weight excluding hydrogens is 352 g/mol. The summed E-state index contributed by atoms with van der Waals surface area (Å²) in [6.07, 6.45) is 0. The average molecular weight is 362 g/mol. The number of halogens is 2. The Bertz CT molecular complexity index is 624. The van der Waals surface area contributed by atoms with Crippen molar-refractivity contribution in [2.24, 2.45) is 0 Å². The van der Waals surface area contributed by atoms with Crippen LogP contribution in [0.2, 0.25) is 5.02 Å². The molecule has 0 saturated carbocycles. The SMILES string of the molecule is Cc1sc(C(=O)O)cc1COc1cc(Br)ccc1Cl. The smallest absolute Gasteiger partial charge is 0.345 e. The second-order valence-electron chi connectivity index (χ2n) is 3.86. The van der Waals surface area contributed by atoms with Crippen LogP contribution in [0, 0.1) is 6.92 Å². The van der Waals surface area contributed by atoms with Crippen LogP contribution in [0.4, 0.5) is 0 Å². The fourth-order valence-corrected chi connectivity index (χ4v) is 2.89. The Hall–Kier alpha value is -1.04. The van der Waals surface area contributed by atoms with Gasteiger partial charge < -0.3 is 9.84 Å². The Kier molecular flexibility index (Phi) is 4.50. The van der Waals surface area contributed by atoms with Gasteiger partial charge in [0.15, 0.2) is 0 Å². The van der Waals surface area contributed by atoms with Gasteiger partial charge in [-0.05, 0) is 31.2 Å². The fraction of sp³-hybridized carbons (Fsp3) is 0.154. The number of hydrogen-bond acceptors (Lipinski definition) is 3. The highest BCUT2D eigenvalue weighted by atomic mass is 79.9. The van der Waals surface area contributed by atoms with Crippen molar-refractivity contribution in [1.29, 1.82) is 0 Å². The van der Waals surface area contributed by atoms with Gasteiger partial charge in [0.1, 0.15) is 17.2 Å². The van der Waals surface area contributed by atoms with E-state index >= 15 is 0 Å². The van der Waals surface area contributed by atoms with Gasteiger partial charge in [-0.2, -0.15) is 0 Å². The lowest BCUT2D eigenvalue weighted by molar-refractivity contribution is 0.0702. The van der Waals surface area contributed by atoms with E-state index in [0.29, 0.717) is 22.3 Å². The van der Waals surface area contributed by atoms with E-state index in [-0.39, 0.29) is 0 Å². The van der Waals surface area contributed by atoms with Crippen molar-refractivity contribution < 1.29 is 14.6 Å². The first-order chi connectivity index (χ1) is 8.97. The summed E-state index contributed by atoms with van der Waals surface area (Å²) in [6, 6.07) is 6.98. The van der Waals surface area contributed by atoms with Crippen LogP contribution < -0.4 is 4.74 Å². The van der Waals surface area contributed by atoms with Crippen molar-refractivity contribution in [1.82, 2.24) is 0 Å². The minimum Gasteiger partial charge on any atom is -0.487 e. The van der Waals surface area contributed by atoms with E-state index in [2.05, 4.69) is 15.9 Å². The molecule has 0 atom stereocenters. The van der Waals surface area contributed by atoms with Crippen LogP contribution in [0.5, 0.6) is 5.75 Å². The van der Waals surface area contributed by atoms with E-state index in [1.54, 1.807) is 18.2 Å². The minimum atomic E-state index is -0.917. The molecule has 1 heterocycles. The first-order valence-electron chi connectivity index (χ1n) is 5.38. The molecular formula is C13H10BrClO3S. The molecule has 0 saturated heterocycles. The molecule has 1 N–H and O–H groups in total. The third-order valence-corrected chi connectivity index (χ3v) is 4.39. The summed E-state index contributed by atoms with van der Waals surface area (Å²) in [5, 5.41) is 9.45. The molecule has 1 aromatic carbocycles. The third kappa shape index (κ3) is 3.49. The average Bonchev–Trinajstić information content (AvgIpc) is 2.72. The second kappa shape index (κ2) is 5.94. The summed E-state index contributed by atoms with van der Waals surface area (Å²) in [5.41, 5.74) is 0.860. The molecule has 1 aromatic heterocycles. The molecule has 0 aliphatic rings. The number of benzene rings is 1. The van der Waals surface area contributed by atoms with Gasteiger partial charge >= 0.3 is 5.97 Å². The highest BCUT2D eigenvalue weighted by Crippen LogP contribution is 2.30. The van der Waals surface area contributed by atoms with E-state index in [9.17, 15) is 4.79 Å². The van der Waals surface area contributed by atoms with Crippen LogP contribution in [-0.2, 0) is 6.61 Å². The lowest BCUT2D eigenvalue weighted by Gasteiger charge is -2.08. The topological polar surface area (TPSA) is 46.5 Å². The first-order valence-corrected chi connectivity index (χ1v) is 7.36. The van der Waals surface area contributed by atoms with Crippen molar-refractivity contribution in [2.75, 3.05) is 0 Å². The molecule has 0 fully saturated rings. The third-order valence-electron chi connectivity index (χ3n) is 2.51. The van der Waals surface area contributed by atoms with E-state index < -0.39 is 5.97 Å². The van der Waals surface area contributed by atoms with Crippen LogP contribution in [-0.4, -0.2) is 11.1 Å². The molecule has 0 aliphatic carbocycles. The predicted octanol–water partition coefficient (Wildman–Crippen LogP) is 4.75. The minimum absolute atomic E-state index is 0.297. The summed E-state index contributed by atoms with van der Waals surface area (Å²) in [7, 11) is 0. The molecule has 0 aliphatic heterocycles. The summed E-state index contributed by atoms with van der Waals surface area (Å²) in [6.45, 7) is 2.17. The van der Waals surface area contributed by atoms with Crippen molar-refractivity contribution in [3.05, 3.63) is 49.1 Å². The summed E-state index contributed by atoms with van der Waals surface area (Å²) in [4.78, 5) is 12.1. The lowest BCUT2D eigenvalue weighted by Crippen LogP contribution is -1.96. The predicted molar refractivity (Wildman–Crippen MR) is 79.5 cm³/mol. The zero-order valence-corrected chi connectivity index (χ0v) is 13.1. The summed E-state index contributed by atoms with van der Waals surface area (Å²) in [5.74, 6) is -0.349. The molecule has 0 bridgehead atoms. The van der Waals surface area contributed by atoms with E-state index in [1.807, 2.05) is 13.0 Å². The van der Waals surface area contributed by atoms with Crippen LogP contribution in [0.25, 0.3) is 0 Å². The molecule has 6 heteroatoms. The maximum atomic E-state index is 10.9. The Morgan fingerprint density at radius 1 is 1.47 bits per heavy atom.